The predicted molar refractivity (Wildman–Crippen MR) is 73.4 cm³/mol. The monoisotopic (exact) mass is 359 g/mol. The Morgan fingerprint density at radius 3 is 2.57 bits per heavy atom. The first-order valence-electron chi connectivity index (χ1n) is 5.73. The number of methoxy groups -OCH3 is 1. The lowest BCUT2D eigenvalue weighted by atomic mass is 10.0. The molecule has 1 aromatic heterocycles. The van der Waals surface area contributed by atoms with E-state index in [4.69, 9.17) is 4.74 Å². The van der Waals surface area contributed by atoms with Crippen LogP contribution in [0.1, 0.15) is 21.5 Å². The quantitative estimate of drug-likeness (QED) is 0.774. The number of rotatable bonds is 3. The highest BCUT2D eigenvalue weighted by Gasteiger charge is 2.31. The number of alkyl halides is 3. The van der Waals surface area contributed by atoms with Crippen LogP contribution in [-0.4, -0.2) is 17.9 Å². The molecule has 21 heavy (non-hydrogen) atoms. The number of halogens is 4. The first-order chi connectivity index (χ1) is 9.82. The van der Waals surface area contributed by atoms with E-state index in [1.165, 1.54) is 31.6 Å². The maximum Gasteiger partial charge on any atom is 0.416 e. The van der Waals surface area contributed by atoms with E-state index in [1.54, 1.807) is 0 Å². The Balaban J connectivity index is 2.47. The van der Waals surface area contributed by atoms with Crippen molar-refractivity contribution in [2.75, 3.05) is 7.11 Å². The average Bonchev–Trinajstić information content (AvgIpc) is 2.46. The van der Waals surface area contributed by atoms with Crippen molar-refractivity contribution in [1.82, 2.24) is 4.98 Å². The Kier molecular flexibility index (Phi) is 4.32. The molecule has 1 aromatic carbocycles. The smallest absolute Gasteiger partial charge is 0.416 e. The fourth-order valence-corrected chi connectivity index (χ4v) is 2.11. The third-order valence-electron chi connectivity index (χ3n) is 2.75. The summed E-state index contributed by atoms with van der Waals surface area (Å²) >= 11 is 3.09. The van der Waals surface area contributed by atoms with Crippen molar-refractivity contribution in [3.63, 3.8) is 0 Å². The standard InChI is InChI=1S/C14H9BrF3NO2/c1-21-10-4-8(6-19-7-10)13(20)11-5-9(14(16,17)18)2-3-12(11)15/h2-7H,1H3. The van der Waals surface area contributed by atoms with Gasteiger partial charge in [0.15, 0.2) is 5.78 Å². The Labute approximate surface area is 126 Å². The van der Waals surface area contributed by atoms with Crippen molar-refractivity contribution in [1.29, 1.82) is 0 Å². The summed E-state index contributed by atoms with van der Waals surface area (Å²) in [6.07, 6.45) is -1.84. The summed E-state index contributed by atoms with van der Waals surface area (Å²) in [6.45, 7) is 0. The normalized spacial score (nSPS) is 11.3. The maximum atomic E-state index is 12.7. The number of aromatic nitrogens is 1. The molecule has 0 atom stereocenters. The molecular weight excluding hydrogens is 351 g/mol. The zero-order valence-corrected chi connectivity index (χ0v) is 12.3. The van der Waals surface area contributed by atoms with Gasteiger partial charge in [-0.25, -0.2) is 0 Å². The minimum absolute atomic E-state index is 0.0834. The molecule has 0 saturated heterocycles. The molecule has 0 spiro atoms. The number of pyridine rings is 1. The minimum Gasteiger partial charge on any atom is -0.495 e. The van der Waals surface area contributed by atoms with E-state index in [2.05, 4.69) is 20.9 Å². The summed E-state index contributed by atoms with van der Waals surface area (Å²) in [7, 11) is 1.41. The third-order valence-corrected chi connectivity index (χ3v) is 3.44. The van der Waals surface area contributed by atoms with Crippen molar-refractivity contribution in [3.05, 3.63) is 57.8 Å². The first kappa shape index (κ1) is 15.5. The van der Waals surface area contributed by atoms with E-state index in [0.29, 0.717) is 5.75 Å². The summed E-state index contributed by atoms with van der Waals surface area (Å²) in [4.78, 5) is 16.1. The van der Waals surface area contributed by atoms with Crippen molar-refractivity contribution in [2.24, 2.45) is 0 Å². The molecule has 110 valence electrons. The van der Waals surface area contributed by atoms with Crippen LogP contribution in [-0.2, 0) is 6.18 Å². The molecule has 0 bridgehead atoms. The van der Waals surface area contributed by atoms with Crippen molar-refractivity contribution in [3.8, 4) is 5.75 Å². The number of nitrogens with zero attached hydrogens (tertiary/aromatic N) is 1. The molecular formula is C14H9BrF3NO2. The second kappa shape index (κ2) is 5.85. The van der Waals surface area contributed by atoms with Gasteiger partial charge in [-0.05, 0) is 24.3 Å². The van der Waals surface area contributed by atoms with Crippen LogP contribution in [0.4, 0.5) is 13.2 Å². The van der Waals surface area contributed by atoms with E-state index in [1.807, 2.05) is 0 Å². The molecule has 0 N–H and O–H groups in total. The van der Waals surface area contributed by atoms with Gasteiger partial charge in [-0.15, -0.1) is 0 Å². The van der Waals surface area contributed by atoms with Gasteiger partial charge in [0.25, 0.3) is 0 Å². The minimum atomic E-state index is -4.51. The predicted octanol–water partition coefficient (Wildman–Crippen LogP) is 4.10. The third kappa shape index (κ3) is 3.41. The highest BCUT2D eigenvalue weighted by Crippen LogP contribution is 2.32. The zero-order chi connectivity index (χ0) is 15.6. The molecule has 0 saturated carbocycles. The lowest BCUT2D eigenvalue weighted by molar-refractivity contribution is -0.137. The lowest BCUT2D eigenvalue weighted by Gasteiger charge is -2.10. The van der Waals surface area contributed by atoms with E-state index < -0.39 is 17.5 Å². The number of hydrogen-bond donors (Lipinski definition) is 0. The van der Waals surface area contributed by atoms with E-state index >= 15 is 0 Å². The lowest BCUT2D eigenvalue weighted by Crippen LogP contribution is -2.09. The van der Waals surface area contributed by atoms with Crippen LogP contribution in [0, 0.1) is 0 Å². The largest absolute Gasteiger partial charge is 0.495 e. The SMILES string of the molecule is COc1cncc(C(=O)c2cc(C(F)(F)F)ccc2Br)c1. The van der Waals surface area contributed by atoms with Crippen LogP contribution in [0.2, 0.25) is 0 Å². The van der Waals surface area contributed by atoms with Gasteiger partial charge in [-0.1, -0.05) is 15.9 Å². The first-order valence-corrected chi connectivity index (χ1v) is 6.52. The molecule has 0 fully saturated rings. The van der Waals surface area contributed by atoms with Crippen LogP contribution in [0.15, 0.2) is 41.1 Å². The van der Waals surface area contributed by atoms with Crippen molar-refractivity contribution in [2.45, 2.75) is 6.18 Å². The molecule has 2 rings (SSSR count). The maximum absolute atomic E-state index is 12.7. The van der Waals surface area contributed by atoms with Crippen LogP contribution in [0.5, 0.6) is 5.75 Å². The number of carbonyl (C=O) groups is 1. The molecule has 0 aliphatic heterocycles. The second-order valence-corrected chi connectivity index (χ2v) is 4.99. The number of carbonyl (C=O) groups excluding carboxylic acids is 1. The van der Waals surface area contributed by atoms with Crippen LogP contribution in [0.25, 0.3) is 0 Å². The molecule has 0 radical (unpaired) electrons. The molecule has 1 heterocycles. The van der Waals surface area contributed by atoms with Gasteiger partial charge in [0.1, 0.15) is 5.75 Å². The van der Waals surface area contributed by atoms with E-state index in [-0.39, 0.29) is 15.6 Å². The molecule has 0 aliphatic rings. The van der Waals surface area contributed by atoms with Crippen molar-refractivity contribution < 1.29 is 22.7 Å². The van der Waals surface area contributed by atoms with Crippen LogP contribution >= 0.6 is 15.9 Å². The highest BCUT2D eigenvalue weighted by atomic mass is 79.9. The van der Waals surface area contributed by atoms with E-state index in [0.717, 1.165) is 12.1 Å². The molecule has 3 nitrogen and oxygen atoms in total. The molecule has 0 aliphatic carbocycles. The summed E-state index contributed by atoms with van der Waals surface area (Å²) < 4.78 is 43.4. The number of benzene rings is 1. The van der Waals surface area contributed by atoms with Gasteiger partial charge in [0, 0.05) is 21.8 Å². The van der Waals surface area contributed by atoms with Gasteiger partial charge < -0.3 is 4.74 Å². The Morgan fingerprint density at radius 1 is 1.24 bits per heavy atom. The molecule has 0 amide bonds. The van der Waals surface area contributed by atoms with Gasteiger partial charge in [-0.3, -0.25) is 9.78 Å². The van der Waals surface area contributed by atoms with Crippen LogP contribution < -0.4 is 4.74 Å². The fraction of sp³-hybridized carbons (Fsp3) is 0.143. The van der Waals surface area contributed by atoms with Gasteiger partial charge in [-0.2, -0.15) is 13.2 Å². The van der Waals surface area contributed by atoms with Crippen molar-refractivity contribution >= 4 is 21.7 Å². The van der Waals surface area contributed by atoms with Crippen LogP contribution in [0.3, 0.4) is 0 Å². The topological polar surface area (TPSA) is 39.2 Å². The number of hydrogen-bond acceptors (Lipinski definition) is 3. The number of ketones is 1. The number of ether oxygens (including phenoxy) is 1. The Morgan fingerprint density at radius 2 is 1.95 bits per heavy atom. The average molecular weight is 360 g/mol. The second-order valence-electron chi connectivity index (χ2n) is 4.13. The molecule has 0 unspecified atom stereocenters. The summed E-state index contributed by atoms with van der Waals surface area (Å²) in [5, 5.41) is 0. The fourth-order valence-electron chi connectivity index (χ4n) is 1.69. The van der Waals surface area contributed by atoms with Gasteiger partial charge in [0.2, 0.25) is 0 Å². The zero-order valence-electron chi connectivity index (χ0n) is 10.7. The highest BCUT2D eigenvalue weighted by molar-refractivity contribution is 9.10. The molecule has 7 heteroatoms. The Hall–Kier alpha value is -1.89. The summed E-state index contributed by atoms with van der Waals surface area (Å²) in [5.74, 6) is -0.219. The van der Waals surface area contributed by atoms with E-state index in [9.17, 15) is 18.0 Å². The molecule has 2 aromatic rings. The van der Waals surface area contributed by atoms with Gasteiger partial charge in [0.05, 0.1) is 18.9 Å². The Bertz CT molecular complexity index is 686. The van der Waals surface area contributed by atoms with Gasteiger partial charge >= 0.3 is 6.18 Å². The summed E-state index contributed by atoms with van der Waals surface area (Å²) in [6, 6.07) is 4.34. The summed E-state index contributed by atoms with van der Waals surface area (Å²) in [5.41, 5.74) is -0.820.